The van der Waals surface area contributed by atoms with Crippen LogP contribution in [0.25, 0.3) is 0 Å². The summed E-state index contributed by atoms with van der Waals surface area (Å²) < 4.78 is 5.38. The van der Waals surface area contributed by atoms with E-state index in [1.54, 1.807) is 0 Å². The molecule has 1 saturated carbocycles. The Bertz CT molecular complexity index is 349. The van der Waals surface area contributed by atoms with E-state index in [0.29, 0.717) is 37.1 Å². The monoisotopic (exact) mass is 284 g/mol. The van der Waals surface area contributed by atoms with Gasteiger partial charge in [0.2, 0.25) is 5.91 Å². The van der Waals surface area contributed by atoms with Crippen LogP contribution in [0.1, 0.15) is 45.4 Å². The van der Waals surface area contributed by atoms with Gasteiger partial charge in [0, 0.05) is 25.8 Å². The van der Waals surface area contributed by atoms with Crippen molar-refractivity contribution in [1.82, 2.24) is 4.90 Å². The second-order valence-electron chi connectivity index (χ2n) is 5.64. The molecule has 0 bridgehead atoms. The molecular formula is C14H24N2O2S. The summed E-state index contributed by atoms with van der Waals surface area (Å²) in [5.41, 5.74) is 5.27. The number of carbonyl (C=O) groups excluding carboxylic acids is 1. The molecule has 0 radical (unpaired) electrons. The predicted molar refractivity (Wildman–Crippen MR) is 78.9 cm³/mol. The Labute approximate surface area is 120 Å². The van der Waals surface area contributed by atoms with E-state index < -0.39 is 5.41 Å². The van der Waals surface area contributed by atoms with E-state index in [-0.39, 0.29) is 5.91 Å². The van der Waals surface area contributed by atoms with E-state index in [0.717, 1.165) is 32.2 Å². The predicted octanol–water partition coefficient (Wildman–Crippen LogP) is 1.86. The van der Waals surface area contributed by atoms with E-state index >= 15 is 0 Å². The quantitative estimate of drug-likeness (QED) is 0.756. The molecule has 1 saturated heterocycles. The molecule has 2 fully saturated rings. The maximum atomic E-state index is 13.0. The third-order valence-corrected chi connectivity index (χ3v) is 4.62. The molecule has 0 aromatic rings. The number of thiocarbonyl (C=S) groups is 1. The summed E-state index contributed by atoms with van der Waals surface area (Å²) in [6.45, 7) is 4.14. The van der Waals surface area contributed by atoms with Gasteiger partial charge in [0.05, 0.1) is 4.99 Å². The third kappa shape index (κ3) is 3.08. The molecule has 19 heavy (non-hydrogen) atoms. The molecule has 1 amide bonds. The average Bonchev–Trinajstić information content (AvgIpc) is 3.24. The lowest BCUT2D eigenvalue weighted by Crippen LogP contribution is -2.54. The van der Waals surface area contributed by atoms with E-state index in [1.165, 1.54) is 0 Å². The van der Waals surface area contributed by atoms with Gasteiger partial charge in [-0.1, -0.05) is 25.6 Å². The third-order valence-electron chi connectivity index (χ3n) is 4.23. The zero-order valence-corrected chi connectivity index (χ0v) is 12.5. The van der Waals surface area contributed by atoms with Crippen LogP contribution in [0.4, 0.5) is 0 Å². The molecule has 2 aliphatic rings. The minimum atomic E-state index is -0.649. The molecule has 0 aromatic heterocycles. The van der Waals surface area contributed by atoms with E-state index in [1.807, 2.05) is 4.90 Å². The first-order chi connectivity index (χ1) is 9.12. The molecule has 5 heteroatoms. The van der Waals surface area contributed by atoms with Gasteiger partial charge < -0.3 is 15.4 Å². The normalized spacial score (nSPS) is 21.9. The smallest absolute Gasteiger partial charge is 0.236 e. The minimum absolute atomic E-state index is 0.152. The largest absolute Gasteiger partial charge is 0.392 e. The van der Waals surface area contributed by atoms with Crippen LogP contribution in [0.2, 0.25) is 0 Å². The molecule has 1 aliphatic carbocycles. The highest BCUT2D eigenvalue weighted by molar-refractivity contribution is 7.80. The summed E-state index contributed by atoms with van der Waals surface area (Å²) >= 11 is 5.22. The highest BCUT2D eigenvalue weighted by atomic mass is 32.1. The van der Waals surface area contributed by atoms with Crippen molar-refractivity contribution in [3.8, 4) is 0 Å². The number of hydrogen-bond acceptors (Lipinski definition) is 3. The fraction of sp³-hybridized carbons (Fsp3) is 0.857. The number of amides is 1. The maximum Gasteiger partial charge on any atom is 0.236 e. The molecule has 0 unspecified atom stereocenters. The highest BCUT2D eigenvalue weighted by Gasteiger charge is 2.47. The van der Waals surface area contributed by atoms with Crippen molar-refractivity contribution < 1.29 is 9.53 Å². The SMILES string of the molecule is CCCCN(C(=O)C1(C(N)=S)CCOCC1)C1CC1. The van der Waals surface area contributed by atoms with Gasteiger partial charge in [0.15, 0.2) is 0 Å². The molecule has 4 nitrogen and oxygen atoms in total. The van der Waals surface area contributed by atoms with Crippen molar-refractivity contribution in [1.29, 1.82) is 0 Å². The van der Waals surface area contributed by atoms with E-state index in [4.69, 9.17) is 22.7 Å². The number of ether oxygens (including phenoxy) is 1. The van der Waals surface area contributed by atoms with Crippen LogP contribution in [0.15, 0.2) is 0 Å². The second-order valence-corrected chi connectivity index (χ2v) is 6.08. The number of unbranched alkanes of at least 4 members (excludes halogenated alkanes) is 1. The molecule has 1 aliphatic heterocycles. The first-order valence-corrected chi connectivity index (χ1v) is 7.71. The molecular weight excluding hydrogens is 260 g/mol. The van der Waals surface area contributed by atoms with Crippen molar-refractivity contribution in [3.05, 3.63) is 0 Å². The van der Waals surface area contributed by atoms with Gasteiger partial charge in [0.1, 0.15) is 5.41 Å². The van der Waals surface area contributed by atoms with Gasteiger partial charge in [0.25, 0.3) is 0 Å². The Balaban J connectivity index is 2.14. The first-order valence-electron chi connectivity index (χ1n) is 7.30. The van der Waals surface area contributed by atoms with Crippen molar-refractivity contribution >= 4 is 23.1 Å². The van der Waals surface area contributed by atoms with E-state index in [9.17, 15) is 4.79 Å². The summed E-state index contributed by atoms with van der Waals surface area (Å²) in [6.07, 6.45) is 5.66. The topological polar surface area (TPSA) is 55.6 Å². The number of nitrogens with two attached hydrogens (primary N) is 1. The number of nitrogens with zero attached hydrogens (tertiary/aromatic N) is 1. The second kappa shape index (κ2) is 6.18. The fourth-order valence-corrected chi connectivity index (χ4v) is 3.02. The molecule has 0 atom stereocenters. The summed E-state index contributed by atoms with van der Waals surface area (Å²) in [5, 5.41) is 0. The lowest BCUT2D eigenvalue weighted by molar-refractivity contribution is -0.143. The molecule has 2 N–H and O–H groups in total. The Morgan fingerprint density at radius 2 is 2.05 bits per heavy atom. The minimum Gasteiger partial charge on any atom is -0.392 e. The van der Waals surface area contributed by atoms with Crippen LogP contribution in [0.5, 0.6) is 0 Å². The zero-order chi connectivity index (χ0) is 13.9. The van der Waals surface area contributed by atoms with Crippen molar-refractivity contribution in [3.63, 3.8) is 0 Å². The first kappa shape index (κ1) is 14.7. The highest BCUT2D eigenvalue weighted by Crippen LogP contribution is 2.37. The number of hydrogen-bond donors (Lipinski definition) is 1. The number of carbonyl (C=O) groups is 1. The van der Waals surface area contributed by atoms with E-state index in [2.05, 4.69) is 6.92 Å². The summed E-state index contributed by atoms with van der Waals surface area (Å²) in [5.74, 6) is 0.152. The molecule has 0 aromatic carbocycles. The Morgan fingerprint density at radius 3 is 2.53 bits per heavy atom. The standard InChI is InChI=1S/C14H24N2O2S/c1-2-3-8-16(11-4-5-11)13(17)14(12(15)19)6-9-18-10-7-14/h11H,2-10H2,1H3,(H2,15,19). The van der Waals surface area contributed by atoms with Gasteiger partial charge in [-0.05, 0) is 32.1 Å². The van der Waals surface area contributed by atoms with Gasteiger partial charge >= 0.3 is 0 Å². The van der Waals surface area contributed by atoms with Crippen LogP contribution in [-0.4, -0.2) is 41.6 Å². The molecule has 1 heterocycles. The van der Waals surface area contributed by atoms with Crippen LogP contribution in [0.3, 0.4) is 0 Å². The van der Waals surface area contributed by atoms with Crippen LogP contribution in [0, 0.1) is 5.41 Å². The fourth-order valence-electron chi connectivity index (χ4n) is 2.73. The van der Waals surface area contributed by atoms with Gasteiger partial charge in [-0.25, -0.2) is 0 Å². The van der Waals surface area contributed by atoms with Crippen molar-refractivity contribution in [2.24, 2.45) is 11.1 Å². The zero-order valence-electron chi connectivity index (χ0n) is 11.7. The van der Waals surface area contributed by atoms with Crippen LogP contribution < -0.4 is 5.73 Å². The lowest BCUT2D eigenvalue weighted by Gasteiger charge is -2.39. The Morgan fingerprint density at radius 1 is 1.42 bits per heavy atom. The van der Waals surface area contributed by atoms with Crippen LogP contribution in [-0.2, 0) is 9.53 Å². The number of rotatable bonds is 6. The summed E-state index contributed by atoms with van der Waals surface area (Å²) in [4.78, 5) is 15.3. The average molecular weight is 284 g/mol. The Kier molecular flexibility index (Phi) is 4.79. The molecule has 2 rings (SSSR count). The van der Waals surface area contributed by atoms with Crippen LogP contribution >= 0.6 is 12.2 Å². The van der Waals surface area contributed by atoms with Gasteiger partial charge in [-0.2, -0.15) is 0 Å². The lowest BCUT2D eigenvalue weighted by atomic mass is 9.78. The van der Waals surface area contributed by atoms with Gasteiger partial charge in [-0.15, -0.1) is 0 Å². The molecule has 0 spiro atoms. The summed E-state index contributed by atoms with van der Waals surface area (Å²) in [6, 6.07) is 0.424. The molecule has 108 valence electrons. The van der Waals surface area contributed by atoms with Crippen molar-refractivity contribution in [2.45, 2.75) is 51.5 Å². The van der Waals surface area contributed by atoms with Crippen molar-refractivity contribution in [2.75, 3.05) is 19.8 Å². The maximum absolute atomic E-state index is 13.0. The van der Waals surface area contributed by atoms with Gasteiger partial charge in [-0.3, -0.25) is 4.79 Å². The Hall–Kier alpha value is -0.680. The summed E-state index contributed by atoms with van der Waals surface area (Å²) in [7, 11) is 0.